The number of imidazole rings is 1. The van der Waals surface area contributed by atoms with Crippen molar-refractivity contribution in [3.8, 4) is 0 Å². The minimum Gasteiger partial charge on any atom is -0.475 e. The number of carboxylic acids is 1. The molecule has 0 aliphatic carbocycles. The number of para-hydroxylation sites is 2. The number of rotatable bonds is 3. The molecule has 5 nitrogen and oxygen atoms in total. The fourth-order valence-corrected chi connectivity index (χ4v) is 2.12. The maximum Gasteiger partial charge on any atom is 0.371 e. The van der Waals surface area contributed by atoms with Crippen LogP contribution in [0.5, 0.6) is 0 Å². The van der Waals surface area contributed by atoms with Crippen LogP contribution in [0.4, 0.5) is 0 Å². The third kappa shape index (κ3) is 1.89. The van der Waals surface area contributed by atoms with E-state index in [-0.39, 0.29) is 11.8 Å². The fourth-order valence-electron chi connectivity index (χ4n) is 2.12. The SMILES string of the molecule is CC(c1ccc(C(=O)O)o1)n1cnc2ccccc21. The van der Waals surface area contributed by atoms with Gasteiger partial charge < -0.3 is 14.1 Å². The first-order chi connectivity index (χ1) is 9.16. The fraction of sp³-hybridized carbons (Fsp3) is 0.143. The van der Waals surface area contributed by atoms with Gasteiger partial charge in [-0.25, -0.2) is 9.78 Å². The molecule has 1 aromatic carbocycles. The molecule has 0 aliphatic heterocycles. The summed E-state index contributed by atoms with van der Waals surface area (Å²) in [6.45, 7) is 1.94. The van der Waals surface area contributed by atoms with Crippen LogP contribution in [0.15, 0.2) is 47.1 Å². The van der Waals surface area contributed by atoms with E-state index in [0.29, 0.717) is 5.76 Å². The van der Waals surface area contributed by atoms with Crippen LogP contribution >= 0.6 is 0 Å². The molecule has 19 heavy (non-hydrogen) atoms. The van der Waals surface area contributed by atoms with Crippen molar-refractivity contribution >= 4 is 17.0 Å². The molecule has 0 saturated heterocycles. The highest BCUT2D eigenvalue weighted by Crippen LogP contribution is 2.24. The first kappa shape index (κ1) is 11.5. The number of benzene rings is 1. The molecule has 1 unspecified atom stereocenters. The summed E-state index contributed by atoms with van der Waals surface area (Å²) in [6.07, 6.45) is 1.73. The van der Waals surface area contributed by atoms with Crippen LogP contribution in [0.1, 0.15) is 29.3 Å². The number of furan rings is 1. The van der Waals surface area contributed by atoms with Gasteiger partial charge in [0.2, 0.25) is 5.76 Å². The lowest BCUT2D eigenvalue weighted by Gasteiger charge is -2.11. The Kier molecular flexibility index (Phi) is 2.59. The molecule has 3 rings (SSSR count). The van der Waals surface area contributed by atoms with Gasteiger partial charge in [0.1, 0.15) is 5.76 Å². The molecule has 3 aromatic rings. The van der Waals surface area contributed by atoms with Crippen LogP contribution in [0.3, 0.4) is 0 Å². The predicted molar refractivity (Wildman–Crippen MR) is 69.2 cm³/mol. The molecule has 96 valence electrons. The summed E-state index contributed by atoms with van der Waals surface area (Å²) in [5.74, 6) is -0.513. The summed E-state index contributed by atoms with van der Waals surface area (Å²) in [5, 5.41) is 8.87. The Labute approximate surface area is 109 Å². The van der Waals surface area contributed by atoms with Crippen molar-refractivity contribution < 1.29 is 14.3 Å². The van der Waals surface area contributed by atoms with E-state index in [4.69, 9.17) is 9.52 Å². The van der Waals surface area contributed by atoms with E-state index in [2.05, 4.69) is 4.98 Å². The van der Waals surface area contributed by atoms with Gasteiger partial charge >= 0.3 is 5.97 Å². The smallest absolute Gasteiger partial charge is 0.371 e. The van der Waals surface area contributed by atoms with Gasteiger partial charge in [0.25, 0.3) is 0 Å². The number of carboxylic acid groups (broad SMARTS) is 1. The molecule has 0 radical (unpaired) electrons. The number of carbonyl (C=O) groups is 1. The largest absolute Gasteiger partial charge is 0.475 e. The number of aromatic carboxylic acids is 1. The lowest BCUT2D eigenvalue weighted by Crippen LogP contribution is -2.04. The normalized spacial score (nSPS) is 12.7. The molecular weight excluding hydrogens is 244 g/mol. The molecule has 2 heterocycles. The Morgan fingerprint density at radius 3 is 2.84 bits per heavy atom. The monoisotopic (exact) mass is 256 g/mol. The van der Waals surface area contributed by atoms with E-state index < -0.39 is 5.97 Å². The van der Waals surface area contributed by atoms with E-state index in [0.717, 1.165) is 11.0 Å². The van der Waals surface area contributed by atoms with Crippen LogP contribution in [-0.4, -0.2) is 20.6 Å². The highest BCUT2D eigenvalue weighted by Gasteiger charge is 2.17. The topological polar surface area (TPSA) is 68.3 Å². The molecule has 0 bridgehead atoms. The lowest BCUT2D eigenvalue weighted by atomic mass is 10.2. The first-order valence-corrected chi connectivity index (χ1v) is 5.91. The van der Waals surface area contributed by atoms with Crippen molar-refractivity contribution in [1.29, 1.82) is 0 Å². The average molecular weight is 256 g/mol. The molecule has 0 spiro atoms. The van der Waals surface area contributed by atoms with Gasteiger partial charge in [-0.3, -0.25) is 0 Å². The molecule has 0 amide bonds. The Hall–Kier alpha value is -2.56. The maximum absolute atomic E-state index is 10.8. The zero-order valence-corrected chi connectivity index (χ0v) is 10.3. The van der Waals surface area contributed by atoms with Crippen molar-refractivity contribution in [2.24, 2.45) is 0 Å². The highest BCUT2D eigenvalue weighted by atomic mass is 16.4. The van der Waals surface area contributed by atoms with E-state index in [1.807, 2.05) is 35.8 Å². The Balaban J connectivity index is 2.03. The van der Waals surface area contributed by atoms with Gasteiger partial charge in [0, 0.05) is 0 Å². The third-order valence-electron chi connectivity index (χ3n) is 3.15. The molecule has 0 saturated carbocycles. The second-order valence-electron chi connectivity index (χ2n) is 4.32. The van der Waals surface area contributed by atoms with Gasteiger partial charge in [-0.05, 0) is 31.2 Å². The summed E-state index contributed by atoms with van der Waals surface area (Å²) >= 11 is 0. The number of nitrogens with zero attached hydrogens (tertiary/aromatic N) is 2. The van der Waals surface area contributed by atoms with Gasteiger partial charge in [0.15, 0.2) is 0 Å². The number of aromatic nitrogens is 2. The molecule has 0 aliphatic rings. The molecule has 2 aromatic heterocycles. The lowest BCUT2D eigenvalue weighted by molar-refractivity contribution is 0.0659. The van der Waals surface area contributed by atoms with Crippen LogP contribution < -0.4 is 0 Å². The molecule has 0 fully saturated rings. The van der Waals surface area contributed by atoms with Crippen molar-refractivity contribution in [2.75, 3.05) is 0 Å². The summed E-state index contributed by atoms with van der Waals surface area (Å²) in [6, 6.07) is 10.8. The Morgan fingerprint density at radius 1 is 1.32 bits per heavy atom. The second-order valence-corrected chi connectivity index (χ2v) is 4.32. The summed E-state index contributed by atoms with van der Waals surface area (Å²) in [5.41, 5.74) is 1.89. The maximum atomic E-state index is 10.8. The van der Waals surface area contributed by atoms with Gasteiger partial charge in [-0.15, -0.1) is 0 Å². The van der Waals surface area contributed by atoms with Gasteiger partial charge in [-0.1, -0.05) is 12.1 Å². The van der Waals surface area contributed by atoms with E-state index in [1.54, 1.807) is 12.4 Å². The Morgan fingerprint density at radius 2 is 2.11 bits per heavy atom. The van der Waals surface area contributed by atoms with E-state index in [1.165, 1.54) is 6.07 Å². The number of fused-ring (bicyclic) bond motifs is 1. The molecular formula is C14H12N2O3. The first-order valence-electron chi connectivity index (χ1n) is 5.91. The molecule has 5 heteroatoms. The van der Waals surface area contributed by atoms with Crippen LogP contribution in [0.2, 0.25) is 0 Å². The van der Waals surface area contributed by atoms with Gasteiger partial charge in [-0.2, -0.15) is 0 Å². The van der Waals surface area contributed by atoms with E-state index >= 15 is 0 Å². The molecule has 1 N–H and O–H groups in total. The van der Waals surface area contributed by atoms with Crippen molar-refractivity contribution in [3.63, 3.8) is 0 Å². The second kappa shape index (κ2) is 4.28. The summed E-state index contributed by atoms with van der Waals surface area (Å²) < 4.78 is 7.29. The predicted octanol–water partition coefficient (Wildman–Crippen LogP) is 2.94. The zero-order valence-electron chi connectivity index (χ0n) is 10.3. The summed E-state index contributed by atoms with van der Waals surface area (Å²) in [4.78, 5) is 15.1. The number of hydrogen-bond donors (Lipinski definition) is 1. The Bertz CT molecular complexity index is 742. The van der Waals surface area contributed by atoms with Crippen molar-refractivity contribution in [1.82, 2.24) is 9.55 Å². The molecule has 1 atom stereocenters. The minimum atomic E-state index is -1.06. The van der Waals surface area contributed by atoms with Crippen molar-refractivity contribution in [3.05, 3.63) is 54.2 Å². The minimum absolute atomic E-state index is 0.0497. The quantitative estimate of drug-likeness (QED) is 0.782. The standard InChI is InChI=1S/C14H12N2O3/c1-9(12-6-7-13(19-12)14(17)18)16-8-15-10-4-2-3-5-11(10)16/h2-9H,1H3,(H,17,18). The third-order valence-corrected chi connectivity index (χ3v) is 3.15. The summed E-state index contributed by atoms with van der Waals surface area (Å²) in [7, 11) is 0. The number of hydrogen-bond acceptors (Lipinski definition) is 3. The van der Waals surface area contributed by atoms with Crippen molar-refractivity contribution in [2.45, 2.75) is 13.0 Å². The van der Waals surface area contributed by atoms with Crippen LogP contribution in [-0.2, 0) is 0 Å². The highest BCUT2D eigenvalue weighted by molar-refractivity contribution is 5.84. The van der Waals surface area contributed by atoms with Crippen LogP contribution in [0, 0.1) is 0 Å². The van der Waals surface area contributed by atoms with Gasteiger partial charge in [0.05, 0.1) is 23.4 Å². The van der Waals surface area contributed by atoms with E-state index in [9.17, 15) is 4.79 Å². The van der Waals surface area contributed by atoms with Crippen LogP contribution in [0.25, 0.3) is 11.0 Å². The zero-order chi connectivity index (χ0) is 13.4. The average Bonchev–Trinajstić information content (AvgIpc) is 3.05.